The molecule has 3 N–H and O–H groups in total. The molecule has 5 heteroatoms. The van der Waals surface area contributed by atoms with Gasteiger partial charge < -0.3 is 11.1 Å². The summed E-state index contributed by atoms with van der Waals surface area (Å²) >= 11 is 0. The predicted octanol–water partition coefficient (Wildman–Crippen LogP) is 1.30. The second kappa shape index (κ2) is 7.52. The number of nitrogens with one attached hydrogen (secondary N) is 1. The second-order valence-corrected chi connectivity index (χ2v) is 5.92. The standard InChI is InChI=1S/C16H24FN3O/c1-12(9-13-3-2-4-14(17)10-13)19-15-5-7-20(8-6-15)11-16(18)21/h2-4,10,12,15,19H,5-9,11H2,1H3,(H2,18,21). The summed E-state index contributed by atoms with van der Waals surface area (Å²) in [5, 5.41) is 3.60. The quantitative estimate of drug-likeness (QED) is 0.831. The van der Waals surface area contributed by atoms with Crippen LogP contribution in [0.3, 0.4) is 0 Å². The molecule has 0 aliphatic carbocycles. The Labute approximate surface area is 125 Å². The Balaban J connectivity index is 1.74. The summed E-state index contributed by atoms with van der Waals surface area (Å²) in [4.78, 5) is 13.0. The number of likely N-dealkylation sites (tertiary alicyclic amines) is 1. The van der Waals surface area contributed by atoms with Gasteiger partial charge >= 0.3 is 0 Å². The highest BCUT2D eigenvalue weighted by Gasteiger charge is 2.21. The molecule has 0 spiro atoms. The molecular weight excluding hydrogens is 269 g/mol. The lowest BCUT2D eigenvalue weighted by atomic mass is 10.0. The van der Waals surface area contributed by atoms with E-state index in [1.807, 2.05) is 6.07 Å². The van der Waals surface area contributed by atoms with Crippen LogP contribution in [0.15, 0.2) is 24.3 Å². The third-order valence-electron chi connectivity index (χ3n) is 3.92. The fraction of sp³-hybridized carbons (Fsp3) is 0.562. The van der Waals surface area contributed by atoms with Crippen molar-refractivity contribution < 1.29 is 9.18 Å². The number of carbonyl (C=O) groups is 1. The Morgan fingerprint density at radius 3 is 2.81 bits per heavy atom. The molecule has 1 amide bonds. The molecule has 4 nitrogen and oxygen atoms in total. The highest BCUT2D eigenvalue weighted by atomic mass is 19.1. The van der Waals surface area contributed by atoms with Crippen molar-refractivity contribution in [2.45, 2.75) is 38.3 Å². The van der Waals surface area contributed by atoms with Crippen LogP contribution in [-0.2, 0) is 11.2 Å². The van der Waals surface area contributed by atoms with E-state index < -0.39 is 0 Å². The van der Waals surface area contributed by atoms with Gasteiger partial charge in [0.05, 0.1) is 6.54 Å². The SMILES string of the molecule is CC(Cc1cccc(F)c1)NC1CCN(CC(N)=O)CC1. The van der Waals surface area contributed by atoms with Crippen molar-refractivity contribution in [2.24, 2.45) is 5.73 Å². The largest absolute Gasteiger partial charge is 0.369 e. The van der Waals surface area contributed by atoms with Crippen LogP contribution >= 0.6 is 0 Å². The minimum absolute atomic E-state index is 0.181. The number of amides is 1. The lowest BCUT2D eigenvalue weighted by Crippen LogP contribution is -2.47. The molecule has 1 aliphatic heterocycles. The first-order valence-corrected chi connectivity index (χ1v) is 7.54. The fourth-order valence-corrected chi connectivity index (χ4v) is 2.96. The van der Waals surface area contributed by atoms with Crippen LogP contribution in [-0.4, -0.2) is 42.5 Å². The number of benzene rings is 1. The maximum atomic E-state index is 13.2. The van der Waals surface area contributed by atoms with Crippen LogP contribution < -0.4 is 11.1 Å². The van der Waals surface area contributed by atoms with Crippen molar-refractivity contribution in [3.8, 4) is 0 Å². The number of rotatable bonds is 6. The maximum absolute atomic E-state index is 13.2. The average molecular weight is 293 g/mol. The number of hydrogen-bond acceptors (Lipinski definition) is 3. The van der Waals surface area contributed by atoms with Gasteiger partial charge in [-0.3, -0.25) is 9.69 Å². The number of nitrogens with two attached hydrogens (primary N) is 1. The molecule has 1 fully saturated rings. The van der Waals surface area contributed by atoms with Crippen LogP contribution in [0, 0.1) is 5.82 Å². The molecule has 0 saturated carbocycles. The summed E-state index contributed by atoms with van der Waals surface area (Å²) in [6.07, 6.45) is 2.85. The van der Waals surface area contributed by atoms with Gasteiger partial charge in [-0.15, -0.1) is 0 Å². The number of piperidine rings is 1. The van der Waals surface area contributed by atoms with E-state index in [1.165, 1.54) is 6.07 Å². The molecule has 1 atom stereocenters. The summed E-state index contributed by atoms with van der Waals surface area (Å²) in [5.74, 6) is -0.444. The highest BCUT2D eigenvalue weighted by molar-refractivity contribution is 5.75. The zero-order valence-corrected chi connectivity index (χ0v) is 12.5. The van der Waals surface area contributed by atoms with Gasteiger partial charge in [-0.25, -0.2) is 4.39 Å². The van der Waals surface area contributed by atoms with Gasteiger partial charge in [0, 0.05) is 25.2 Å². The van der Waals surface area contributed by atoms with Gasteiger partial charge in [-0.2, -0.15) is 0 Å². The predicted molar refractivity (Wildman–Crippen MR) is 81.4 cm³/mol. The number of carbonyl (C=O) groups excluding carboxylic acids is 1. The van der Waals surface area contributed by atoms with E-state index in [1.54, 1.807) is 12.1 Å². The third kappa shape index (κ3) is 5.44. The maximum Gasteiger partial charge on any atom is 0.231 e. The van der Waals surface area contributed by atoms with Gasteiger partial charge in [0.2, 0.25) is 5.91 Å². The molecule has 1 heterocycles. The Hall–Kier alpha value is -1.46. The van der Waals surface area contributed by atoms with Crippen molar-refractivity contribution in [1.29, 1.82) is 0 Å². The molecule has 0 radical (unpaired) electrons. The van der Waals surface area contributed by atoms with Crippen molar-refractivity contribution in [2.75, 3.05) is 19.6 Å². The monoisotopic (exact) mass is 293 g/mol. The van der Waals surface area contributed by atoms with Gasteiger partial charge in [0.1, 0.15) is 5.82 Å². The first-order valence-electron chi connectivity index (χ1n) is 7.54. The van der Waals surface area contributed by atoms with Gasteiger partial charge in [0.15, 0.2) is 0 Å². The fourth-order valence-electron chi connectivity index (χ4n) is 2.96. The number of halogens is 1. The third-order valence-corrected chi connectivity index (χ3v) is 3.92. The highest BCUT2D eigenvalue weighted by Crippen LogP contribution is 2.12. The van der Waals surface area contributed by atoms with E-state index in [2.05, 4.69) is 17.1 Å². The average Bonchev–Trinajstić information content (AvgIpc) is 2.40. The van der Waals surface area contributed by atoms with Crippen LogP contribution in [0.5, 0.6) is 0 Å². The molecule has 1 aromatic rings. The molecule has 1 aromatic carbocycles. The van der Waals surface area contributed by atoms with E-state index in [9.17, 15) is 9.18 Å². The van der Waals surface area contributed by atoms with E-state index in [0.717, 1.165) is 37.9 Å². The van der Waals surface area contributed by atoms with Crippen molar-refractivity contribution >= 4 is 5.91 Å². The summed E-state index contributed by atoms with van der Waals surface area (Å²) in [6, 6.07) is 7.53. The molecular formula is C16H24FN3O. The summed E-state index contributed by atoms with van der Waals surface area (Å²) in [5.41, 5.74) is 6.22. The molecule has 1 aliphatic rings. The van der Waals surface area contributed by atoms with E-state index in [0.29, 0.717) is 18.6 Å². The topological polar surface area (TPSA) is 58.4 Å². The molecule has 1 saturated heterocycles. The van der Waals surface area contributed by atoms with Crippen molar-refractivity contribution in [1.82, 2.24) is 10.2 Å². The van der Waals surface area contributed by atoms with Crippen LogP contribution in [0.4, 0.5) is 4.39 Å². The van der Waals surface area contributed by atoms with E-state index in [4.69, 9.17) is 5.73 Å². The molecule has 1 unspecified atom stereocenters. The summed E-state index contributed by atoms with van der Waals surface area (Å²) in [7, 11) is 0. The Morgan fingerprint density at radius 2 is 2.19 bits per heavy atom. The zero-order chi connectivity index (χ0) is 15.2. The number of hydrogen-bond donors (Lipinski definition) is 2. The zero-order valence-electron chi connectivity index (χ0n) is 12.5. The molecule has 21 heavy (non-hydrogen) atoms. The molecule has 2 rings (SSSR count). The van der Waals surface area contributed by atoms with Crippen molar-refractivity contribution in [3.63, 3.8) is 0 Å². The summed E-state index contributed by atoms with van der Waals surface area (Å²) < 4.78 is 13.2. The molecule has 116 valence electrons. The molecule has 0 aromatic heterocycles. The van der Waals surface area contributed by atoms with Crippen LogP contribution in [0.2, 0.25) is 0 Å². The first kappa shape index (κ1) is 15.9. The normalized spacial score (nSPS) is 18.6. The number of primary amides is 1. The Kier molecular flexibility index (Phi) is 5.70. The minimum atomic E-state index is -0.263. The second-order valence-electron chi connectivity index (χ2n) is 5.92. The van der Waals surface area contributed by atoms with E-state index in [-0.39, 0.29) is 11.7 Å². The first-order chi connectivity index (χ1) is 10.0. The minimum Gasteiger partial charge on any atom is -0.369 e. The van der Waals surface area contributed by atoms with E-state index >= 15 is 0 Å². The Bertz CT molecular complexity index is 472. The smallest absolute Gasteiger partial charge is 0.231 e. The van der Waals surface area contributed by atoms with Crippen molar-refractivity contribution in [3.05, 3.63) is 35.6 Å². The van der Waals surface area contributed by atoms with Gasteiger partial charge in [-0.05, 0) is 43.9 Å². The van der Waals surface area contributed by atoms with Gasteiger partial charge in [0.25, 0.3) is 0 Å². The van der Waals surface area contributed by atoms with Gasteiger partial charge in [-0.1, -0.05) is 12.1 Å². The van der Waals surface area contributed by atoms with Crippen LogP contribution in [0.1, 0.15) is 25.3 Å². The molecule has 0 bridgehead atoms. The lowest BCUT2D eigenvalue weighted by Gasteiger charge is -2.33. The Morgan fingerprint density at radius 1 is 1.48 bits per heavy atom. The lowest BCUT2D eigenvalue weighted by molar-refractivity contribution is -0.119. The summed E-state index contributed by atoms with van der Waals surface area (Å²) in [6.45, 7) is 4.27. The van der Waals surface area contributed by atoms with Crippen LogP contribution in [0.25, 0.3) is 0 Å². The number of nitrogens with zero attached hydrogens (tertiary/aromatic N) is 1.